The van der Waals surface area contributed by atoms with Crippen molar-refractivity contribution in [2.45, 2.75) is 32.8 Å². The molecule has 1 aromatic carbocycles. The minimum Gasteiger partial charge on any atom is -0.486 e. The van der Waals surface area contributed by atoms with E-state index in [1.165, 1.54) is 17.7 Å². The molecule has 1 atom stereocenters. The predicted molar refractivity (Wildman–Crippen MR) is 114 cm³/mol. The van der Waals surface area contributed by atoms with Crippen molar-refractivity contribution in [1.29, 1.82) is 0 Å². The average molecular weight is 413 g/mol. The van der Waals surface area contributed by atoms with Gasteiger partial charge >= 0.3 is 0 Å². The molecule has 0 aliphatic carbocycles. The lowest BCUT2D eigenvalue weighted by atomic mass is 10.2. The number of unbranched alkanes of at least 4 members (excludes halogenated alkanes) is 1. The number of rotatable bonds is 7. The summed E-state index contributed by atoms with van der Waals surface area (Å²) in [6, 6.07) is 7.65. The number of thiophene rings is 1. The Morgan fingerprint density at radius 2 is 2.10 bits per heavy atom. The van der Waals surface area contributed by atoms with Crippen LogP contribution in [0.15, 0.2) is 30.6 Å². The van der Waals surface area contributed by atoms with Crippen molar-refractivity contribution in [2.75, 3.05) is 25.0 Å². The summed E-state index contributed by atoms with van der Waals surface area (Å²) in [4.78, 5) is 22.8. The largest absolute Gasteiger partial charge is 0.486 e. The van der Waals surface area contributed by atoms with Crippen LogP contribution in [-0.4, -0.2) is 41.7 Å². The molecule has 152 valence electrons. The molecule has 0 fully saturated rings. The molecule has 7 nitrogen and oxygen atoms in total. The maximum atomic E-state index is 12.5. The lowest BCUT2D eigenvalue weighted by Gasteiger charge is -2.26. The van der Waals surface area contributed by atoms with Crippen LogP contribution in [0.1, 0.15) is 35.0 Å². The SMILES string of the molecule is CCCCNC(=O)c1sc2ncnc(NCC3COc4ccccc4O3)c2c1C. The van der Waals surface area contributed by atoms with Gasteiger partial charge < -0.3 is 20.1 Å². The zero-order chi connectivity index (χ0) is 20.2. The van der Waals surface area contributed by atoms with Crippen LogP contribution >= 0.6 is 11.3 Å². The highest BCUT2D eigenvalue weighted by Gasteiger charge is 2.22. The minimum absolute atomic E-state index is 0.0504. The summed E-state index contributed by atoms with van der Waals surface area (Å²) in [5.41, 5.74) is 0.897. The number of carbonyl (C=O) groups is 1. The van der Waals surface area contributed by atoms with Crippen LogP contribution in [0.2, 0.25) is 0 Å². The van der Waals surface area contributed by atoms with Crippen LogP contribution in [-0.2, 0) is 0 Å². The first-order valence-corrected chi connectivity index (χ1v) is 10.6. The highest BCUT2D eigenvalue weighted by atomic mass is 32.1. The summed E-state index contributed by atoms with van der Waals surface area (Å²) in [7, 11) is 0. The number of anilines is 1. The number of aryl methyl sites for hydroxylation is 1. The molecular weight excluding hydrogens is 388 g/mol. The number of benzene rings is 1. The smallest absolute Gasteiger partial charge is 0.261 e. The van der Waals surface area contributed by atoms with E-state index in [1.807, 2.05) is 31.2 Å². The number of nitrogens with one attached hydrogen (secondary N) is 2. The van der Waals surface area contributed by atoms with Crippen molar-refractivity contribution in [2.24, 2.45) is 0 Å². The topological polar surface area (TPSA) is 85.4 Å². The Morgan fingerprint density at radius 3 is 2.93 bits per heavy atom. The van der Waals surface area contributed by atoms with Gasteiger partial charge in [0.1, 0.15) is 29.7 Å². The summed E-state index contributed by atoms with van der Waals surface area (Å²) >= 11 is 1.40. The number of carbonyl (C=O) groups excluding carboxylic acids is 1. The molecule has 1 amide bonds. The third kappa shape index (κ3) is 4.12. The van der Waals surface area contributed by atoms with Gasteiger partial charge in [-0.3, -0.25) is 4.79 Å². The van der Waals surface area contributed by atoms with Gasteiger partial charge in [0.25, 0.3) is 5.91 Å². The van der Waals surface area contributed by atoms with E-state index >= 15 is 0 Å². The molecule has 8 heteroatoms. The van der Waals surface area contributed by atoms with Crippen molar-refractivity contribution in [3.63, 3.8) is 0 Å². The zero-order valence-electron chi connectivity index (χ0n) is 16.5. The van der Waals surface area contributed by atoms with Gasteiger partial charge in [-0.25, -0.2) is 9.97 Å². The first-order chi connectivity index (χ1) is 14.2. The molecule has 1 aliphatic heterocycles. The maximum Gasteiger partial charge on any atom is 0.261 e. The molecular formula is C21H24N4O3S. The van der Waals surface area contributed by atoms with Crippen LogP contribution in [0.4, 0.5) is 5.82 Å². The lowest BCUT2D eigenvalue weighted by Crippen LogP contribution is -2.35. The van der Waals surface area contributed by atoms with Crippen LogP contribution in [0.5, 0.6) is 11.5 Å². The number of aromatic nitrogens is 2. The fraction of sp³-hybridized carbons (Fsp3) is 0.381. The van der Waals surface area contributed by atoms with Gasteiger partial charge in [0.2, 0.25) is 0 Å². The molecule has 0 bridgehead atoms. The normalized spacial score (nSPS) is 15.3. The third-order valence-corrected chi connectivity index (χ3v) is 6.01. The van der Waals surface area contributed by atoms with Gasteiger partial charge in [-0.1, -0.05) is 25.5 Å². The van der Waals surface area contributed by atoms with E-state index in [-0.39, 0.29) is 12.0 Å². The Kier molecular flexibility index (Phi) is 5.80. The van der Waals surface area contributed by atoms with Crippen molar-refractivity contribution in [3.8, 4) is 11.5 Å². The van der Waals surface area contributed by atoms with Crippen molar-refractivity contribution < 1.29 is 14.3 Å². The van der Waals surface area contributed by atoms with Crippen molar-refractivity contribution in [3.05, 3.63) is 41.0 Å². The van der Waals surface area contributed by atoms with E-state index in [2.05, 4.69) is 27.5 Å². The molecule has 1 aliphatic rings. The standard InChI is InChI=1S/C21H24N4O3S/c1-3-4-9-22-20(26)18-13(2)17-19(24-12-25-21(17)29-18)23-10-14-11-27-15-7-5-6-8-16(15)28-14/h5-8,12,14H,3-4,9-11H2,1-2H3,(H,22,26)(H,23,24,25). The van der Waals surface area contributed by atoms with Crippen LogP contribution in [0.3, 0.4) is 0 Å². The number of nitrogens with zero attached hydrogens (tertiary/aromatic N) is 2. The number of para-hydroxylation sites is 2. The molecule has 0 saturated carbocycles. The molecule has 0 saturated heterocycles. The number of hydrogen-bond donors (Lipinski definition) is 2. The minimum atomic E-state index is -0.134. The van der Waals surface area contributed by atoms with Gasteiger partial charge in [0.15, 0.2) is 11.5 Å². The highest BCUT2D eigenvalue weighted by molar-refractivity contribution is 7.20. The molecule has 2 N–H and O–H groups in total. The quantitative estimate of drug-likeness (QED) is 0.575. The first-order valence-electron chi connectivity index (χ1n) is 9.82. The second kappa shape index (κ2) is 8.65. The van der Waals surface area contributed by atoms with Crippen LogP contribution in [0, 0.1) is 6.92 Å². The van der Waals surface area contributed by atoms with E-state index < -0.39 is 0 Å². The van der Waals surface area contributed by atoms with Crippen molar-refractivity contribution in [1.82, 2.24) is 15.3 Å². The molecule has 1 unspecified atom stereocenters. The Hall–Kier alpha value is -2.87. The summed E-state index contributed by atoms with van der Waals surface area (Å²) in [6.45, 7) is 5.72. The first kappa shape index (κ1) is 19.4. The van der Waals surface area contributed by atoms with Gasteiger partial charge in [-0.05, 0) is 31.0 Å². The van der Waals surface area contributed by atoms with Crippen molar-refractivity contribution >= 4 is 33.3 Å². The number of amides is 1. The summed E-state index contributed by atoms with van der Waals surface area (Å²) in [5, 5.41) is 7.22. The number of ether oxygens (including phenoxy) is 2. The maximum absolute atomic E-state index is 12.5. The summed E-state index contributed by atoms with van der Waals surface area (Å²) in [5.74, 6) is 2.17. The van der Waals surface area contributed by atoms with E-state index in [9.17, 15) is 4.79 Å². The van der Waals surface area contributed by atoms with Crippen LogP contribution in [0.25, 0.3) is 10.2 Å². The molecule has 0 radical (unpaired) electrons. The predicted octanol–water partition coefficient (Wildman–Crippen LogP) is 3.78. The van der Waals surface area contributed by atoms with E-state index in [4.69, 9.17) is 9.47 Å². The molecule has 2 aromatic heterocycles. The number of hydrogen-bond acceptors (Lipinski definition) is 7. The molecule has 3 aromatic rings. The van der Waals surface area contributed by atoms with Crippen LogP contribution < -0.4 is 20.1 Å². The molecule has 4 rings (SSSR count). The Morgan fingerprint density at radius 1 is 1.28 bits per heavy atom. The van der Waals surface area contributed by atoms with E-state index in [0.717, 1.165) is 40.1 Å². The summed E-state index contributed by atoms with van der Waals surface area (Å²) < 4.78 is 11.8. The Bertz CT molecular complexity index is 1020. The van der Waals surface area contributed by atoms with Gasteiger partial charge in [-0.2, -0.15) is 0 Å². The average Bonchev–Trinajstić information content (AvgIpc) is 3.09. The monoisotopic (exact) mass is 412 g/mol. The second-order valence-corrected chi connectivity index (χ2v) is 7.95. The van der Waals surface area contributed by atoms with Gasteiger partial charge in [0.05, 0.1) is 16.8 Å². The lowest BCUT2D eigenvalue weighted by molar-refractivity contribution is 0.0956. The van der Waals surface area contributed by atoms with E-state index in [1.54, 1.807) is 0 Å². The highest BCUT2D eigenvalue weighted by Crippen LogP contribution is 2.34. The molecule has 0 spiro atoms. The van der Waals surface area contributed by atoms with Gasteiger partial charge in [0, 0.05) is 6.54 Å². The number of fused-ring (bicyclic) bond motifs is 2. The van der Waals surface area contributed by atoms with Gasteiger partial charge in [-0.15, -0.1) is 11.3 Å². The second-order valence-electron chi connectivity index (χ2n) is 6.95. The Labute approximate surface area is 173 Å². The van der Waals surface area contributed by atoms with E-state index in [0.29, 0.717) is 30.4 Å². The molecule has 29 heavy (non-hydrogen) atoms. The fourth-order valence-corrected chi connectivity index (χ4v) is 4.32. The Balaban J connectivity index is 1.49. The third-order valence-electron chi connectivity index (χ3n) is 4.81. The fourth-order valence-electron chi connectivity index (χ4n) is 3.26. The molecule has 3 heterocycles. The zero-order valence-corrected chi connectivity index (χ0v) is 17.3. The summed E-state index contributed by atoms with van der Waals surface area (Å²) in [6.07, 6.45) is 3.40.